The second-order valence-electron chi connectivity index (χ2n) is 6.75. The predicted octanol–water partition coefficient (Wildman–Crippen LogP) is 4.48. The number of ether oxygens (including phenoxy) is 2. The third kappa shape index (κ3) is 6.05. The van der Waals surface area contributed by atoms with Gasteiger partial charge in [-0.05, 0) is 29.9 Å². The van der Waals surface area contributed by atoms with Gasteiger partial charge >= 0.3 is 11.9 Å². The van der Waals surface area contributed by atoms with Gasteiger partial charge < -0.3 is 9.47 Å². The summed E-state index contributed by atoms with van der Waals surface area (Å²) in [6.07, 6.45) is 1.84. The highest BCUT2D eigenvalue weighted by atomic mass is 16.5. The van der Waals surface area contributed by atoms with Crippen molar-refractivity contribution < 1.29 is 19.1 Å². The van der Waals surface area contributed by atoms with Gasteiger partial charge in [0.15, 0.2) is 0 Å². The van der Waals surface area contributed by atoms with Crippen LogP contribution in [0.3, 0.4) is 0 Å². The minimum Gasteiger partial charge on any atom is -0.462 e. The van der Waals surface area contributed by atoms with Crippen LogP contribution in [0.5, 0.6) is 0 Å². The van der Waals surface area contributed by atoms with Crippen LogP contribution in [0, 0.1) is 11.3 Å². The van der Waals surface area contributed by atoms with Gasteiger partial charge in [0.2, 0.25) is 0 Å². The highest BCUT2D eigenvalue weighted by molar-refractivity contribution is 6.03. The molecule has 0 aliphatic carbocycles. The molecule has 0 heterocycles. The average Bonchev–Trinajstić information content (AvgIpc) is 2.57. The number of esters is 2. The van der Waals surface area contributed by atoms with Crippen molar-refractivity contribution in [1.82, 2.24) is 0 Å². The molecule has 4 nitrogen and oxygen atoms in total. The summed E-state index contributed by atoms with van der Waals surface area (Å²) in [5.74, 6) is -0.668. The molecule has 128 valence electrons. The molecule has 1 rings (SSSR count). The van der Waals surface area contributed by atoms with E-state index in [9.17, 15) is 9.59 Å². The van der Waals surface area contributed by atoms with Crippen LogP contribution in [-0.4, -0.2) is 25.2 Å². The van der Waals surface area contributed by atoms with Crippen LogP contribution in [-0.2, 0) is 9.47 Å². The van der Waals surface area contributed by atoms with Crippen molar-refractivity contribution in [3.8, 4) is 0 Å². The summed E-state index contributed by atoms with van der Waals surface area (Å²) in [5, 5.41) is 0. The molecule has 1 atom stereocenters. The Balaban J connectivity index is 2.80. The quantitative estimate of drug-likeness (QED) is 0.663. The Hall–Kier alpha value is -1.84. The monoisotopic (exact) mass is 320 g/mol. The third-order valence-corrected chi connectivity index (χ3v) is 4.11. The normalized spacial score (nSPS) is 12.6. The molecule has 0 N–H and O–H groups in total. The standard InChI is InChI=1S/C19H28O4/c1-6-14(3)12-22-17(20)15-10-8-9-11-16(15)18(21)23-13-19(4,5)7-2/h8-11,14H,6-7,12-13H2,1-5H3. The molecule has 0 fully saturated rings. The molecule has 0 amide bonds. The molecule has 1 aromatic rings. The highest BCUT2D eigenvalue weighted by Crippen LogP contribution is 2.21. The van der Waals surface area contributed by atoms with Crippen LogP contribution in [0.25, 0.3) is 0 Å². The summed E-state index contributed by atoms with van der Waals surface area (Å²) in [4.78, 5) is 24.5. The van der Waals surface area contributed by atoms with Crippen LogP contribution in [0.4, 0.5) is 0 Å². The van der Waals surface area contributed by atoms with E-state index in [1.807, 2.05) is 34.6 Å². The maximum absolute atomic E-state index is 12.3. The largest absolute Gasteiger partial charge is 0.462 e. The smallest absolute Gasteiger partial charge is 0.339 e. The Morgan fingerprint density at radius 3 is 2.04 bits per heavy atom. The van der Waals surface area contributed by atoms with Gasteiger partial charge in [0.1, 0.15) is 0 Å². The molecule has 0 bridgehead atoms. The van der Waals surface area contributed by atoms with Crippen LogP contribution < -0.4 is 0 Å². The fourth-order valence-electron chi connectivity index (χ4n) is 1.69. The summed E-state index contributed by atoms with van der Waals surface area (Å²) in [5.41, 5.74) is 0.436. The van der Waals surface area contributed by atoms with E-state index in [-0.39, 0.29) is 16.5 Å². The SMILES string of the molecule is CCC(C)COC(=O)c1ccccc1C(=O)OCC(C)(C)CC. The lowest BCUT2D eigenvalue weighted by atomic mass is 9.92. The molecule has 1 aromatic carbocycles. The summed E-state index contributed by atoms with van der Waals surface area (Å²) in [7, 11) is 0. The topological polar surface area (TPSA) is 52.6 Å². The molecular weight excluding hydrogens is 292 g/mol. The molecule has 0 spiro atoms. The Labute approximate surface area is 139 Å². The second kappa shape index (κ2) is 8.70. The predicted molar refractivity (Wildman–Crippen MR) is 90.5 cm³/mol. The molecular formula is C19H28O4. The van der Waals surface area contributed by atoms with Crippen molar-refractivity contribution in [1.29, 1.82) is 0 Å². The summed E-state index contributed by atoms with van der Waals surface area (Å²) < 4.78 is 10.7. The van der Waals surface area contributed by atoms with Gasteiger partial charge in [-0.2, -0.15) is 0 Å². The van der Waals surface area contributed by atoms with Gasteiger partial charge in [0.05, 0.1) is 24.3 Å². The van der Waals surface area contributed by atoms with E-state index >= 15 is 0 Å². The van der Waals surface area contributed by atoms with Crippen LogP contribution in [0.2, 0.25) is 0 Å². The first-order valence-corrected chi connectivity index (χ1v) is 8.24. The van der Waals surface area contributed by atoms with E-state index in [2.05, 4.69) is 0 Å². The summed E-state index contributed by atoms with van der Waals surface area (Å²) >= 11 is 0. The maximum atomic E-state index is 12.3. The van der Waals surface area contributed by atoms with Crippen LogP contribution in [0.15, 0.2) is 24.3 Å². The van der Waals surface area contributed by atoms with Crippen molar-refractivity contribution in [2.45, 2.75) is 47.5 Å². The minimum absolute atomic E-state index is 0.0817. The molecule has 0 aromatic heterocycles. The van der Waals surface area contributed by atoms with Crippen molar-refractivity contribution in [2.75, 3.05) is 13.2 Å². The number of carbonyl (C=O) groups excluding carboxylic acids is 2. The van der Waals surface area contributed by atoms with Crippen LogP contribution in [0.1, 0.15) is 68.2 Å². The number of rotatable bonds is 8. The fraction of sp³-hybridized carbons (Fsp3) is 0.579. The first kappa shape index (κ1) is 19.2. The Kier molecular flexibility index (Phi) is 7.27. The summed E-state index contributed by atoms with van der Waals surface area (Å²) in [6, 6.07) is 6.63. The Bertz CT molecular complexity index is 534. The first-order chi connectivity index (χ1) is 10.8. The zero-order chi connectivity index (χ0) is 17.5. The van der Waals surface area contributed by atoms with Crippen molar-refractivity contribution in [3.05, 3.63) is 35.4 Å². The lowest BCUT2D eigenvalue weighted by Crippen LogP contribution is -2.22. The molecule has 0 aliphatic rings. The zero-order valence-corrected chi connectivity index (χ0v) is 14.8. The third-order valence-electron chi connectivity index (χ3n) is 4.11. The van der Waals surface area contributed by atoms with Gasteiger partial charge in [0.25, 0.3) is 0 Å². The number of hydrogen-bond acceptors (Lipinski definition) is 4. The Morgan fingerprint density at radius 1 is 1.04 bits per heavy atom. The fourth-order valence-corrected chi connectivity index (χ4v) is 1.69. The minimum atomic E-state index is -0.484. The highest BCUT2D eigenvalue weighted by Gasteiger charge is 2.22. The molecule has 0 aliphatic heterocycles. The van der Waals surface area contributed by atoms with E-state index in [0.29, 0.717) is 19.1 Å². The van der Waals surface area contributed by atoms with Crippen LogP contribution >= 0.6 is 0 Å². The van der Waals surface area contributed by atoms with Gasteiger partial charge in [-0.1, -0.05) is 53.2 Å². The second-order valence-corrected chi connectivity index (χ2v) is 6.75. The van der Waals surface area contributed by atoms with E-state index in [4.69, 9.17) is 9.47 Å². The number of benzene rings is 1. The van der Waals surface area contributed by atoms with E-state index < -0.39 is 11.9 Å². The van der Waals surface area contributed by atoms with Gasteiger partial charge in [0, 0.05) is 0 Å². The lowest BCUT2D eigenvalue weighted by Gasteiger charge is -2.22. The van der Waals surface area contributed by atoms with Crippen molar-refractivity contribution in [3.63, 3.8) is 0 Å². The summed E-state index contributed by atoms with van der Waals surface area (Å²) in [6.45, 7) is 10.8. The van der Waals surface area contributed by atoms with Gasteiger partial charge in [-0.3, -0.25) is 0 Å². The molecule has 0 saturated heterocycles. The van der Waals surface area contributed by atoms with Crippen molar-refractivity contribution in [2.24, 2.45) is 11.3 Å². The van der Waals surface area contributed by atoms with E-state index in [1.165, 1.54) is 0 Å². The van der Waals surface area contributed by atoms with E-state index in [1.54, 1.807) is 24.3 Å². The molecule has 0 saturated carbocycles. The first-order valence-electron chi connectivity index (χ1n) is 8.24. The molecule has 4 heteroatoms. The molecule has 0 radical (unpaired) electrons. The van der Waals surface area contributed by atoms with Gasteiger partial charge in [-0.15, -0.1) is 0 Å². The number of hydrogen-bond donors (Lipinski definition) is 0. The van der Waals surface area contributed by atoms with E-state index in [0.717, 1.165) is 12.8 Å². The maximum Gasteiger partial charge on any atom is 0.339 e. The molecule has 1 unspecified atom stereocenters. The number of carbonyl (C=O) groups is 2. The molecule has 23 heavy (non-hydrogen) atoms. The van der Waals surface area contributed by atoms with Crippen molar-refractivity contribution >= 4 is 11.9 Å². The average molecular weight is 320 g/mol. The van der Waals surface area contributed by atoms with Gasteiger partial charge in [-0.25, -0.2) is 9.59 Å². The zero-order valence-electron chi connectivity index (χ0n) is 14.8. The Morgan fingerprint density at radius 2 is 1.57 bits per heavy atom. The lowest BCUT2D eigenvalue weighted by molar-refractivity contribution is 0.0319.